The molecule has 2 aromatic heterocycles. The topological polar surface area (TPSA) is 96.9 Å². The fourth-order valence-corrected chi connectivity index (χ4v) is 3.57. The maximum absolute atomic E-state index is 12.8. The van der Waals surface area contributed by atoms with Crippen molar-refractivity contribution in [3.05, 3.63) is 86.7 Å². The van der Waals surface area contributed by atoms with Crippen molar-refractivity contribution < 1.29 is 4.79 Å². The quantitative estimate of drug-likeness (QED) is 0.562. The van der Waals surface area contributed by atoms with Gasteiger partial charge in [0.15, 0.2) is 0 Å². The molecule has 146 valence electrons. The van der Waals surface area contributed by atoms with E-state index < -0.39 is 11.2 Å². The first-order valence-electron chi connectivity index (χ1n) is 9.41. The Morgan fingerprint density at radius 2 is 1.90 bits per heavy atom. The summed E-state index contributed by atoms with van der Waals surface area (Å²) in [5.41, 5.74) is 0.456. The minimum Gasteiger partial charge on any atom is -0.345 e. The van der Waals surface area contributed by atoms with E-state index in [1.54, 1.807) is 6.92 Å². The number of carbonyl (C=O) groups excluding carboxylic acids is 1. The number of nitrogens with zero attached hydrogens (tertiary/aromatic N) is 2. The summed E-state index contributed by atoms with van der Waals surface area (Å²) < 4.78 is 1.36. The highest BCUT2D eigenvalue weighted by atomic mass is 16.2. The molecule has 0 aliphatic heterocycles. The maximum Gasteiger partial charge on any atom is 0.329 e. The summed E-state index contributed by atoms with van der Waals surface area (Å²) in [5, 5.41) is 5.35. The first kappa shape index (κ1) is 18.6. The number of hydrogen-bond donors (Lipinski definition) is 2. The number of H-pyrrole nitrogens is 1. The summed E-state index contributed by atoms with van der Waals surface area (Å²) in [7, 11) is 0. The summed E-state index contributed by atoms with van der Waals surface area (Å²) in [6.07, 6.45) is 1.39. The van der Waals surface area contributed by atoms with Gasteiger partial charge >= 0.3 is 5.69 Å². The van der Waals surface area contributed by atoms with E-state index in [2.05, 4.69) is 15.3 Å². The molecule has 1 unspecified atom stereocenters. The lowest BCUT2D eigenvalue weighted by atomic mass is 9.99. The number of aromatic nitrogens is 3. The zero-order valence-electron chi connectivity index (χ0n) is 16.1. The number of fused-ring (bicyclic) bond motifs is 2. The van der Waals surface area contributed by atoms with Crippen molar-refractivity contribution in [2.45, 2.75) is 26.4 Å². The van der Waals surface area contributed by atoms with Gasteiger partial charge in [0, 0.05) is 12.7 Å². The van der Waals surface area contributed by atoms with Crippen molar-refractivity contribution in [1.29, 1.82) is 0 Å². The lowest BCUT2D eigenvalue weighted by Crippen LogP contribution is -2.31. The lowest BCUT2D eigenvalue weighted by molar-refractivity contribution is 0.0940. The number of aromatic amines is 1. The molecule has 0 bridgehead atoms. The summed E-state index contributed by atoms with van der Waals surface area (Å²) in [5.74, 6) is -0.339. The van der Waals surface area contributed by atoms with Gasteiger partial charge in [-0.2, -0.15) is 0 Å². The van der Waals surface area contributed by atoms with Crippen molar-refractivity contribution in [2.75, 3.05) is 0 Å². The number of rotatable bonds is 4. The van der Waals surface area contributed by atoms with E-state index in [4.69, 9.17) is 0 Å². The van der Waals surface area contributed by atoms with E-state index in [1.165, 1.54) is 16.8 Å². The zero-order chi connectivity index (χ0) is 20.5. The van der Waals surface area contributed by atoms with E-state index in [0.29, 0.717) is 6.54 Å². The Balaban J connectivity index is 1.69. The summed E-state index contributed by atoms with van der Waals surface area (Å²) >= 11 is 0. The van der Waals surface area contributed by atoms with E-state index in [0.717, 1.165) is 16.3 Å². The standard InChI is InChI=1S/C22H20N4O3/c1-3-26-19-18(21(28)25-22(26)29)11-15(12-23-19)20(27)24-13(2)16-10-6-8-14-7-4-5-9-17(14)16/h4-13H,3H2,1-2H3,(H,24,27)(H,25,28,29). The van der Waals surface area contributed by atoms with Gasteiger partial charge in [-0.15, -0.1) is 0 Å². The number of carbonyl (C=O) groups is 1. The minimum atomic E-state index is -0.557. The molecule has 7 heteroatoms. The monoisotopic (exact) mass is 388 g/mol. The first-order valence-corrected chi connectivity index (χ1v) is 9.41. The van der Waals surface area contributed by atoms with Crippen LogP contribution in [0.2, 0.25) is 0 Å². The van der Waals surface area contributed by atoms with Gasteiger partial charge in [0.05, 0.1) is 17.0 Å². The first-order chi connectivity index (χ1) is 14.0. The molecular formula is C22H20N4O3. The molecular weight excluding hydrogens is 368 g/mol. The smallest absolute Gasteiger partial charge is 0.329 e. The van der Waals surface area contributed by atoms with Crippen molar-refractivity contribution in [3.63, 3.8) is 0 Å². The van der Waals surface area contributed by atoms with Crippen LogP contribution < -0.4 is 16.6 Å². The SMILES string of the molecule is CCn1c(=O)[nH]c(=O)c2cc(C(=O)NC(C)c3cccc4ccccc34)cnc21. The molecule has 0 saturated heterocycles. The van der Waals surface area contributed by atoms with Crippen LogP contribution in [0.5, 0.6) is 0 Å². The molecule has 2 N–H and O–H groups in total. The van der Waals surface area contributed by atoms with Crippen LogP contribution in [0.25, 0.3) is 21.8 Å². The highest BCUT2D eigenvalue weighted by Gasteiger charge is 2.16. The van der Waals surface area contributed by atoms with Gasteiger partial charge in [-0.05, 0) is 36.2 Å². The number of aryl methyl sites for hydroxylation is 1. The second-order valence-corrected chi connectivity index (χ2v) is 6.86. The molecule has 7 nitrogen and oxygen atoms in total. The van der Waals surface area contributed by atoms with E-state index in [1.807, 2.05) is 49.4 Å². The van der Waals surface area contributed by atoms with Gasteiger partial charge in [-0.1, -0.05) is 42.5 Å². The average molecular weight is 388 g/mol. The van der Waals surface area contributed by atoms with Gasteiger partial charge in [0.1, 0.15) is 5.65 Å². The van der Waals surface area contributed by atoms with Crippen molar-refractivity contribution >= 4 is 27.7 Å². The predicted molar refractivity (Wildman–Crippen MR) is 112 cm³/mol. The van der Waals surface area contributed by atoms with Gasteiger partial charge in [0.2, 0.25) is 0 Å². The molecule has 2 heterocycles. The Morgan fingerprint density at radius 1 is 1.14 bits per heavy atom. The maximum atomic E-state index is 12.8. The second kappa shape index (κ2) is 7.35. The van der Waals surface area contributed by atoms with E-state index in [9.17, 15) is 14.4 Å². The van der Waals surface area contributed by atoms with Gasteiger partial charge in [0.25, 0.3) is 11.5 Å². The third-order valence-corrected chi connectivity index (χ3v) is 5.05. The molecule has 0 spiro atoms. The van der Waals surface area contributed by atoms with Crippen LogP contribution >= 0.6 is 0 Å². The Kier molecular flexibility index (Phi) is 4.72. The molecule has 1 amide bonds. The van der Waals surface area contributed by atoms with Crippen LogP contribution in [-0.2, 0) is 6.54 Å². The Labute approximate surface area is 166 Å². The lowest BCUT2D eigenvalue weighted by Gasteiger charge is -2.17. The van der Waals surface area contributed by atoms with Crippen molar-refractivity contribution in [3.8, 4) is 0 Å². The Hall–Kier alpha value is -3.74. The molecule has 4 aromatic rings. The van der Waals surface area contributed by atoms with Crippen LogP contribution in [0.1, 0.15) is 35.8 Å². The summed E-state index contributed by atoms with van der Waals surface area (Å²) in [6.45, 7) is 4.06. The number of amides is 1. The molecule has 0 saturated carbocycles. The van der Waals surface area contributed by atoms with Crippen LogP contribution in [-0.4, -0.2) is 20.4 Å². The number of pyridine rings is 1. The minimum absolute atomic E-state index is 0.205. The number of hydrogen-bond acceptors (Lipinski definition) is 4. The van der Waals surface area contributed by atoms with E-state index >= 15 is 0 Å². The van der Waals surface area contributed by atoms with Gasteiger partial charge in [-0.25, -0.2) is 9.78 Å². The number of nitrogens with one attached hydrogen (secondary N) is 2. The molecule has 2 aromatic carbocycles. The molecule has 0 aliphatic carbocycles. The highest BCUT2D eigenvalue weighted by Crippen LogP contribution is 2.24. The largest absolute Gasteiger partial charge is 0.345 e. The molecule has 0 radical (unpaired) electrons. The molecule has 4 rings (SSSR count). The average Bonchev–Trinajstić information content (AvgIpc) is 2.73. The fourth-order valence-electron chi connectivity index (χ4n) is 3.57. The summed E-state index contributed by atoms with van der Waals surface area (Å²) in [4.78, 5) is 43.4. The highest BCUT2D eigenvalue weighted by molar-refractivity contribution is 5.97. The molecule has 1 atom stereocenters. The van der Waals surface area contributed by atoms with Crippen LogP contribution in [0, 0.1) is 0 Å². The van der Waals surface area contributed by atoms with Gasteiger partial charge in [-0.3, -0.25) is 19.1 Å². The van der Waals surface area contributed by atoms with Crippen LogP contribution in [0.3, 0.4) is 0 Å². The molecule has 29 heavy (non-hydrogen) atoms. The summed E-state index contributed by atoms with van der Waals surface area (Å²) in [6, 6.07) is 15.2. The van der Waals surface area contributed by atoms with Gasteiger partial charge < -0.3 is 5.32 Å². The fraction of sp³-hybridized carbons (Fsp3) is 0.182. The van der Waals surface area contributed by atoms with Crippen LogP contribution in [0.4, 0.5) is 0 Å². The normalized spacial score (nSPS) is 12.2. The van der Waals surface area contributed by atoms with Crippen LogP contribution in [0.15, 0.2) is 64.3 Å². The molecule has 0 fully saturated rings. The van der Waals surface area contributed by atoms with Crippen molar-refractivity contribution in [2.24, 2.45) is 0 Å². The third kappa shape index (κ3) is 3.31. The van der Waals surface area contributed by atoms with E-state index in [-0.39, 0.29) is 28.5 Å². The predicted octanol–water partition coefficient (Wildman–Crippen LogP) is 2.75. The number of benzene rings is 2. The second-order valence-electron chi connectivity index (χ2n) is 6.86. The Morgan fingerprint density at radius 3 is 2.69 bits per heavy atom. The Bertz CT molecular complexity index is 1350. The zero-order valence-corrected chi connectivity index (χ0v) is 16.1. The third-order valence-electron chi connectivity index (χ3n) is 5.05. The van der Waals surface area contributed by atoms with Crippen molar-refractivity contribution in [1.82, 2.24) is 19.9 Å². The molecule has 0 aliphatic rings.